The number of hydrogen-bond acceptors (Lipinski definition) is 9. The highest BCUT2D eigenvalue weighted by Crippen LogP contribution is 2.07. The van der Waals surface area contributed by atoms with Gasteiger partial charge in [-0.25, -0.2) is 9.78 Å². The predicted molar refractivity (Wildman–Crippen MR) is 150 cm³/mol. The lowest BCUT2D eigenvalue weighted by Gasteiger charge is -2.25. The first kappa shape index (κ1) is 33.7. The zero-order chi connectivity index (χ0) is 29.2. The maximum Gasteiger partial charge on any atom is 0.326 e. The minimum atomic E-state index is -1.20. The van der Waals surface area contributed by atoms with E-state index in [0.29, 0.717) is 43.7 Å². The number of nitrogens with one attached hydrogen (secondary N) is 4. The van der Waals surface area contributed by atoms with Crippen LogP contribution in [0.15, 0.2) is 17.5 Å². The van der Waals surface area contributed by atoms with Crippen molar-refractivity contribution in [2.24, 2.45) is 27.9 Å². The number of guanidine groups is 1. The Bertz CT molecular complexity index is 926. The van der Waals surface area contributed by atoms with Crippen LogP contribution in [0.1, 0.15) is 44.2 Å². The van der Waals surface area contributed by atoms with Crippen molar-refractivity contribution in [2.75, 3.05) is 25.1 Å². The van der Waals surface area contributed by atoms with Crippen LogP contribution >= 0.6 is 11.8 Å². The minimum absolute atomic E-state index is 0.0615. The van der Waals surface area contributed by atoms with Crippen molar-refractivity contribution >= 4 is 41.4 Å². The molecule has 1 heterocycles. The Morgan fingerprint density at radius 1 is 1.00 bits per heavy atom. The summed E-state index contributed by atoms with van der Waals surface area (Å²) in [5.74, 6) is -2.49. The van der Waals surface area contributed by atoms with Crippen LogP contribution in [0.5, 0.6) is 0 Å². The molecule has 0 aliphatic heterocycles. The van der Waals surface area contributed by atoms with Crippen LogP contribution in [0.25, 0.3) is 0 Å². The lowest BCUT2D eigenvalue weighted by molar-refractivity contribution is -0.142. The minimum Gasteiger partial charge on any atom is -0.480 e. The highest BCUT2D eigenvalue weighted by Gasteiger charge is 2.30. The molecular weight excluding hydrogens is 528 g/mol. The summed E-state index contributed by atoms with van der Waals surface area (Å²) in [5, 5.41) is 17.4. The number of imidazole rings is 1. The first-order chi connectivity index (χ1) is 18.6. The largest absolute Gasteiger partial charge is 0.480 e. The van der Waals surface area contributed by atoms with E-state index < -0.39 is 47.9 Å². The van der Waals surface area contributed by atoms with Crippen LogP contribution in [0, 0.1) is 0 Å². The highest BCUT2D eigenvalue weighted by atomic mass is 32.2. The number of aromatic amines is 1. The first-order valence-electron chi connectivity index (χ1n) is 12.7. The molecule has 13 N–H and O–H groups in total. The number of carbonyl (C=O) groups is 4. The van der Waals surface area contributed by atoms with Crippen LogP contribution in [-0.2, 0) is 25.6 Å². The van der Waals surface area contributed by atoms with E-state index in [0.717, 1.165) is 0 Å². The monoisotopic (exact) mass is 570 g/mol. The standard InChI is InChI=1S/C23H42N10O5S/c1-39-10-7-15(25)19(34)33-18(11-14-12-28-13-30-14)21(36)31-16(6-4-9-29-23(26)27)20(35)32-17(22(37)38)5-2-3-8-24/h12-13,15-18H,2-11,24-25H2,1H3,(H,28,30)(H,31,36)(H,32,35)(H,33,34)(H,37,38)(H4,26,27,29). The van der Waals surface area contributed by atoms with Gasteiger partial charge in [-0.05, 0) is 57.1 Å². The van der Waals surface area contributed by atoms with Crippen LogP contribution in [0.2, 0.25) is 0 Å². The average Bonchev–Trinajstić information content (AvgIpc) is 3.40. The van der Waals surface area contributed by atoms with Crippen LogP contribution in [0.3, 0.4) is 0 Å². The third-order valence-corrected chi connectivity index (χ3v) is 6.37. The second-order valence-electron chi connectivity index (χ2n) is 8.92. The molecule has 0 fully saturated rings. The van der Waals surface area contributed by atoms with E-state index in [-0.39, 0.29) is 31.8 Å². The zero-order valence-corrected chi connectivity index (χ0v) is 23.0. The summed E-state index contributed by atoms with van der Waals surface area (Å²) in [6.07, 6.45) is 7.04. The zero-order valence-electron chi connectivity index (χ0n) is 22.2. The second kappa shape index (κ2) is 18.8. The van der Waals surface area contributed by atoms with Gasteiger partial charge in [0.25, 0.3) is 0 Å². The third kappa shape index (κ3) is 13.8. The fourth-order valence-electron chi connectivity index (χ4n) is 3.55. The van der Waals surface area contributed by atoms with E-state index in [4.69, 9.17) is 22.9 Å². The smallest absolute Gasteiger partial charge is 0.326 e. The van der Waals surface area contributed by atoms with Gasteiger partial charge in [-0.3, -0.25) is 19.4 Å². The number of carboxylic acids is 1. The molecule has 15 nitrogen and oxygen atoms in total. The molecule has 0 spiro atoms. The van der Waals surface area contributed by atoms with Gasteiger partial charge in [-0.1, -0.05) is 0 Å². The van der Waals surface area contributed by atoms with Crippen molar-refractivity contribution in [1.29, 1.82) is 0 Å². The number of rotatable bonds is 20. The second-order valence-corrected chi connectivity index (χ2v) is 9.91. The molecule has 0 aliphatic rings. The number of thioether (sulfide) groups is 1. The number of nitrogens with zero attached hydrogens (tertiary/aromatic N) is 2. The molecule has 4 unspecified atom stereocenters. The van der Waals surface area contributed by atoms with Gasteiger partial charge in [0.15, 0.2) is 5.96 Å². The summed E-state index contributed by atoms with van der Waals surface area (Å²) in [7, 11) is 0. The molecule has 220 valence electrons. The number of aliphatic carboxylic acids is 1. The van der Waals surface area contributed by atoms with Gasteiger partial charge in [0.2, 0.25) is 17.7 Å². The summed E-state index contributed by atoms with van der Waals surface area (Å²) >= 11 is 1.54. The van der Waals surface area contributed by atoms with Crippen LogP contribution in [-0.4, -0.2) is 94.0 Å². The molecule has 1 aromatic rings. The Morgan fingerprint density at radius 3 is 2.23 bits per heavy atom. The molecule has 1 aromatic heterocycles. The number of aromatic nitrogens is 2. The molecule has 0 aliphatic carbocycles. The van der Waals surface area contributed by atoms with E-state index in [1.165, 1.54) is 12.5 Å². The molecule has 0 saturated heterocycles. The Labute approximate surface area is 232 Å². The third-order valence-electron chi connectivity index (χ3n) is 5.72. The molecule has 16 heteroatoms. The topological polar surface area (TPSA) is 270 Å². The van der Waals surface area contributed by atoms with E-state index in [1.807, 2.05) is 6.26 Å². The Kier molecular flexibility index (Phi) is 16.2. The van der Waals surface area contributed by atoms with Crippen LogP contribution in [0.4, 0.5) is 0 Å². The van der Waals surface area contributed by atoms with Gasteiger partial charge in [0, 0.05) is 24.9 Å². The molecule has 1 rings (SSSR count). The molecule has 0 saturated carbocycles. The summed E-state index contributed by atoms with van der Waals surface area (Å²) in [4.78, 5) is 61.6. The lowest BCUT2D eigenvalue weighted by Crippen LogP contribution is -2.57. The molecule has 39 heavy (non-hydrogen) atoms. The maximum atomic E-state index is 13.3. The van der Waals surface area contributed by atoms with Gasteiger partial charge in [0.1, 0.15) is 18.1 Å². The first-order valence-corrected chi connectivity index (χ1v) is 14.1. The van der Waals surface area contributed by atoms with E-state index >= 15 is 0 Å². The number of amides is 3. The van der Waals surface area contributed by atoms with Crippen molar-refractivity contribution in [1.82, 2.24) is 25.9 Å². The number of carbonyl (C=O) groups excluding carboxylic acids is 3. The quantitative estimate of drug-likeness (QED) is 0.0459. The maximum absolute atomic E-state index is 13.3. The molecule has 0 aromatic carbocycles. The molecule has 0 radical (unpaired) electrons. The normalized spacial score (nSPS) is 13.9. The van der Waals surface area contributed by atoms with Crippen molar-refractivity contribution < 1.29 is 24.3 Å². The van der Waals surface area contributed by atoms with E-state index in [1.54, 1.807) is 11.8 Å². The average molecular weight is 571 g/mol. The van der Waals surface area contributed by atoms with Crippen molar-refractivity contribution in [3.8, 4) is 0 Å². The highest BCUT2D eigenvalue weighted by molar-refractivity contribution is 7.98. The van der Waals surface area contributed by atoms with Gasteiger partial charge < -0.3 is 49.0 Å². The van der Waals surface area contributed by atoms with Gasteiger partial charge in [0.05, 0.1) is 12.4 Å². The van der Waals surface area contributed by atoms with Gasteiger partial charge in [-0.15, -0.1) is 0 Å². The summed E-state index contributed by atoms with van der Waals surface area (Å²) in [5.41, 5.74) is 22.7. The van der Waals surface area contributed by atoms with E-state index in [9.17, 15) is 24.3 Å². The number of carboxylic acid groups (broad SMARTS) is 1. The Hall–Kier alpha value is -3.37. The Balaban J connectivity index is 3.06. The summed E-state index contributed by atoms with van der Waals surface area (Å²) < 4.78 is 0. The molecule has 4 atom stereocenters. The van der Waals surface area contributed by atoms with Crippen molar-refractivity contribution in [2.45, 2.75) is 69.1 Å². The number of H-pyrrole nitrogens is 1. The molecule has 3 amide bonds. The number of nitrogens with two attached hydrogens (primary N) is 4. The van der Waals surface area contributed by atoms with Gasteiger partial charge >= 0.3 is 5.97 Å². The summed E-state index contributed by atoms with van der Waals surface area (Å²) in [6, 6.07) is -4.17. The predicted octanol–water partition coefficient (Wildman–Crippen LogP) is -2.25. The Morgan fingerprint density at radius 2 is 1.64 bits per heavy atom. The van der Waals surface area contributed by atoms with Crippen LogP contribution < -0.4 is 38.9 Å². The summed E-state index contributed by atoms with van der Waals surface area (Å²) in [6.45, 7) is 0.591. The fourth-order valence-corrected chi connectivity index (χ4v) is 4.04. The van der Waals surface area contributed by atoms with Crippen molar-refractivity contribution in [3.05, 3.63) is 18.2 Å². The SMILES string of the molecule is CSCCC(N)C(=O)NC(Cc1cnc[nH]1)C(=O)NC(CCCN=C(N)N)C(=O)NC(CCCCN)C(=O)O. The number of unbranched alkanes of at least 4 members (excludes halogenated alkanes) is 1. The fraction of sp³-hybridized carbons (Fsp3) is 0.652. The molecular formula is C23H42N10O5S. The van der Waals surface area contributed by atoms with Gasteiger partial charge in [-0.2, -0.15) is 11.8 Å². The molecule has 0 bridgehead atoms. The number of aliphatic imine (C=N–C) groups is 1. The van der Waals surface area contributed by atoms with Crippen molar-refractivity contribution in [3.63, 3.8) is 0 Å². The lowest BCUT2D eigenvalue weighted by atomic mass is 10.1. The number of hydrogen-bond donors (Lipinski definition) is 9. The van der Waals surface area contributed by atoms with E-state index in [2.05, 4.69) is 30.9 Å².